The third-order valence-corrected chi connectivity index (χ3v) is 2.79. The molecule has 0 aromatic heterocycles. The Bertz CT molecular complexity index is 495. The van der Waals surface area contributed by atoms with Crippen molar-refractivity contribution in [2.24, 2.45) is 0 Å². The molecule has 7 heteroatoms. The van der Waals surface area contributed by atoms with Crippen LogP contribution in [0.25, 0.3) is 0 Å². The van der Waals surface area contributed by atoms with Crippen molar-refractivity contribution in [3.63, 3.8) is 0 Å². The Morgan fingerprint density at radius 1 is 1.05 bits per heavy atom. The largest absolute Gasteiger partial charge is 0.481 e. The van der Waals surface area contributed by atoms with Crippen molar-refractivity contribution in [1.29, 1.82) is 0 Å². The lowest BCUT2D eigenvalue weighted by Gasteiger charge is -2.07. The third-order valence-electron chi connectivity index (χ3n) is 2.79. The predicted molar refractivity (Wildman–Crippen MR) is 72.7 cm³/mol. The molecule has 0 saturated carbocycles. The van der Waals surface area contributed by atoms with Gasteiger partial charge in [0, 0.05) is 19.5 Å². The van der Waals surface area contributed by atoms with Gasteiger partial charge in [-0.05, 0) is 30.5 Å². The highest BCUT2D eigenvalue weighted by Crippen LogP contribution is 2.08. The first-order chi connectivity index (χ1) is 9.99. The number of carboxylic acids is 1. The monoisotopic (exact) mass is 300 g/mol. The second-order valence-corrected chi connectivity index (χ2v) is 4.56. The fraction of sp³-hybridized carbons (Fsp3) is 0.429. The van der Waals surface area contributed by atoms with Crippen LogP contribution < -0.4 is 10.6 Å². The summed E-state index contributed by atoms with van der Waals surface area (Å²) < 4.78 is 25.6. The van der Waals surface area contributed by atoms with Crippen molar-refractivity contribution in [2.45, 2.75) is 32.2 Å². The van der Waals surface area contributed by atoms with Crippen LogP contribution in [0.3, 0.4) is 0 Å². The molecule has 116 valence electrons. The maximum absolute atomic E-state index is 12.9. The van der Waals surface area contributed by atoms with Crippen molar-refractivity contribution >= 4 is 12.0 Å². The van der Waals surface area contributed by atoms with Crippen LogP contribution >= 0.6 is 0 Å². The summed E-state index contributed by atoms with van der Waals surface area (Å²) in [5, 5.41) is 13.6. The van der Waals surface area contributed by atoms with Crippen LogP contribution in [0.15, 0.2) is 18.2 Å². The van der Waals surface area contributed by atoms with Gasteiger partial charge < -0.3 is 15.7 Å². The number of benzene rings is 1. The number of hydrogen-bond donors (Lipinski definition) is 3. The van der Waals surface area contributed by atoms with Gasteiger partial charge in [0.2, 0.25) is 0 Å². The fourth-order valence-corrected chi connectivity index (χ4v) is 1.67. The second-order valence-electron chi connectivity index (χ2n) is 4.56. The SMILES string of the molecule is O=C(O)CCCCCNC(=O)NCc1ccc(F)c(F)c1. The van der Waals surface area contributed by atoms with Crippen LogP contribution in [-0.2, 0) is 11.3 Å². The van der Waals surface area contributed by atoms with E-state index in [1.807, 2.05) is 0 Å². The highest BCUT2D eigenvalue weighted by molar-refractivity contribution is 5.73. The van der Waals surface area contributed by atoms with Crippen molar-refractivity contribution in [1.82, 2.24) is 10.6 Å². The van der Waals surface area contributed by atoms with Crippen LogP contribution in [0.2, 0.25) is 0 Å². The smallest absolute Gasteiger partial charge is 0.315 e. The van der Waals surface area contributed by atoms with E-state index in [1.54, 1.807) is 0 Å². The van der Waals surface area contributed by atoms with Gasteiger partial charge in [0.15, 0.2) is 11.6 Å². The van der Waals surface area contributed by atoms with E-state index in [4.69, 9.17) is 5.11 Å². The number of aliphatic carboxylic acids is 1. The van der Waals surface area contributed by atoms with Crippen LogP contribution in [-0.4, -0.2) is 23.7 Å². The minimum Gasteiger partial charge on any atom is -0.481 e. The van der Waals surface area contributed by atoms with E-state index < -0.39 is 23.6 Å². The normalized spacial score (nSPS) is 10.2. The van der Waals surface area contributed by atoms with Crippen molar-refractivity contribution < 1.29 is 23.5 Å². The van der Waals surface area contributed by atoms with Crippen molar-refractivity contribution in [2.75, 3.05) is 6.54 Å². The van der Waals surface area contributed by atoms with Crippen LogP contribution in [0, 0.1) is 11.6 Å². The number of nitrogens with one attached hydrogen (secondary N) is 2. The molecular formula is C14H18F2N2O3. The van der Waals surface area contributed by atoms with E-state index in [0.29, 0.717) is 24.9 Å². The third kappa shape index (κ3) is 7.24. The summed E-state index contributed by atoms with van der Waals surface area (Å²) in [4.78, 5) is 21.7. The number of amides is 2. The molecule has 1 aromatic rings. The zero-order valence-electron chi connectivity index (χ0n) is 11.5. The Morgan fingerprint density at radius 2 is 1.81 bits per heavy atom. The van der Waals surface area contributed by atoms with E-state index in [0.717, 1.165) is 18.6 Å². The number of hydrogen-bond acceptors (Lipinski definition) is 2. The maximum atomic E-state index is 12.9. The Morgan fingerprint density at radius 3 is 2.48 bits per heavy atom. The molecule has 0 fully saturated rings. The molecular weight excluding hydrogens is 282 g/mol. The van der Waals surface area contributed by atoms with Crippen molar-refractivity contribution in [3.05, 3.63) is 35.4 Å². The highest BCUT2D eigenvalue weighted by atomic mass is 19.2. The molecule has 0 unspecified atom stereocenters. The van der Waals surface area contributed by atoms with Crippen LogP contribution in [0.5, 0.6) is 0 Å². The van der Waals surface area contributed by atoms with Gasteiger partial charge in [0.25, 0.3) is 0 Å². The van der Waals surface area contributed by atoms with Gasteiger partial charge in [-0.3, -0.25) is 4.79 Å². The molecule has 3 N–H and O–H groups in total. The molecule has 1 aromatic carbocycles. The van der Waals surface area contributed by atoms with Gasteiger partial charge in [0.05, 0.1) is 0 Å². The first kappa shape index (κ1) is 16.9. The lowest BCUT2D eigenvalue weighted by molar-refractivity contribution is -0.137. The molecule has 0 radical (unpaired) electrons. The molecule has 0 aliphatic rings. The lowest BCUT2D eigenvalue weighted by atomic mass is 10.2. The number of rotatable bonds is 8. The van der Waals surface area contributed by atoms with Gasteiger partial charge in [-0.2, -0.15) is 0 Å². The fourth-order valence-electron chi connectivity index (χ4n) is 1.67. The molecule has 0 aliphatic carbocycles. The summed E-state index contributed by atoms with van der Waals surface area (Å²) in [5.41, 5.74) is 0.463. The summed E-state index contributed by atoms with van der Waals surface area (Å²) in [6, 6.07) is 3.02. The Labute approximate surface area is 121 Å². The lowest BCUT2D eigenvalue weighted by Crippen LogP contribution is -2.35. The van der Waals surface area contributed by atoms with Gasteiger partial charge >= 0.3 is 12.0 Å². The molecule has 21 heavy (non-hydrogen) atoms. The average Bonchev–Trinajstić information content (AvgIpc) is 2.43. The molecule has 1 rings (SSSR count). The maximum Gasteiger partial charge on any atom is 0.315 e. The van der Waals surface area contributed by atoms with E-state index in [1.165, 1.54) is 6.07 Å². The highest BCUT2D eigenvalue weighted by Gasteiger charge is 2.04. The first-order valence-electron chi connectivity index (χ1n) is 6.66. The summed E-state index contributed by atoms with van der Waals surface area (Å²) in [7, 11) is 0. The molecule has 0 atom stereocenters. The number of carboxylic acid groups (broad SMARTS) is 1. The molecule has 0 bridgehead atoms. The van der Waals surface area contributed by atoms with Gasteiger partial charge in [-0.1, -0.05) is 12.5 Å². The van der Waals surface area contributed by atoms with Crippen LogP contribution in [0.1, 0.15) is 31.2 Å². The zero-order valence-corrected chi connectivity index (χ0v) is 11.5. The molecule has 0 saturated heterocycles. The summed E-state index contributed by atoms with van der Waals surface area (Å²) in [6.45, 7) is 0.533. The van der Waals surface area contributed by atoms with Gasteiger partial charge in [-0.15, -0.1) is 0 Å². The molecule has 0 spiro atoms. The number of unbranched alkanes of at least 4 members (excludes halogenated alkanes) is 2. The second kappa shape index (κ2) is 8.89. The molecule has 0 heterocycles. The molecule has 5 nitrogen and oxygen atoms in total. The minimum absolute atomic E-state index is 0.0993. The topological polar surface area (TPSA) is 78.4 Å². The van der Waals surface area contributed by atoms with E-state index in [-0.39, 0.29) is 13.0 Å². The summed E-state index contributed by atoms with van der Waals surface area (Å²) >= 11 is 0. The number of urea groups is 1. The van der Waals surface area contributed by atoms with E-state index in [9.17, 15) is 18.4 Å². The van der Waals surface area contributed by atoms with E-state index >= 15 is 0 Å². The first-order valence-corrected chi connectivity index (χ1v) is 6.66. The van der Waals surface area contributed by atoms with Crippen molar-refractivity contribution in [3.8, 4) is 0 Å². The van der Waals surface area contributed by atoms with Crippen LogP contribution in [0.4, 0.5) is 13.6 Å². The Hall–Kier alpha value is -2.18. The number of carbonyl (C=O) groups is 2. The summed E-state index contributed by atoms with van der Waals surface area (Å²) in [5.74, 6) is -2.70. The molecule has 2 amide bonds. The molecule has 0 aliphatic heterocycles. The quantitative estimate of drug-likeness (QED) is 0.645. The summed E-state index contributed by atoms with van der Waals surface area (Å²) in [6.07, 6.45) is 2.11. The number of carbonyl (C=O) groups excluding carboxylic acids is 1. The average molecular weight is 300 g/mol. The Kier molecular flexibility index (Phi) is 7.14. The van der Waals surface area contributed by atoms with E-state index in [2.05, 4.69) is 10.6 Å². The van der Waals surface area contributed by atoms with Gasteiger partial charge in [0.1, 0.15) is 0 Å². The van der Waals surface area contributed by atoms with Gasteiger partial charge in [-0.25, -0.2) is 13.6 Å². The number of halogens is 2. The standard InChI is InChI=1S/C14H18F2N2O3/c15-11-6-5-10(8-12(11)16)9-18-14(21)17-7-3-1-2-4-13(19)20/h5-6,8H,1-4,7,9H2,(H,19,20)(H2,17,18,21). The zero-order chi connectivity index (χ0) is 15.7. The Balaban J connectivity index is 2.13. The minimum atomic E-state index is -0.951. The predicted octanol–water partition coefficient (Wildman–Crippen LogP) is 2.41.